The lowest BCUT2D eigenvalue weighted by Gasteiger charge is -2.29. The summed E-state index contributed by atoms with van der Waals surface area (Å²) < 4.78 is 2.04. The summed E-state index contributed by atoms with van der Waals surface area (Å²) in [6.07, 6.45) is 6.02. The van der Waals surface area contributed by atoms with Gasteiger partial charge in [0.15, 0.2) is 0 Å². The number of aromatic nitrogens is 1. The van der Waals surface area contributed by atoms with Gasteiger partial charge in [-0.15, -0.1) is 0 Å². The topological polar surface area (TPSA) is 48.0 Å². The molecule has 0 spiro atoms. The van der Waals surface area contributed by atoms with E-state index in [-0.39, 0.29) is 11.6 Å². The van der Waals surface area contributed by atoms with Gasteiger partial charge in [-0.2, -0.15) is 0 Å². The number of hydrogen-bond donors (Lipinski definition) is 1. The van der Waals surface area contributed by atoms with Crippen molar-refractivity contribution in [1.82, 2.24) is 4.57 Å². The molecule has 1 aliphatic rings. The van der Waals surface area contributed by atoms with Gasteiger partial charge in [-0.3, -0.25) is 4.79 Å². The van der Waals surface area contributed by atoms with E-state index >= 15 is 0 Å². The fraction of sp³-hybridized carbons (Fsp3) is 0.688. The first-order chi connectivity index (χ1) is 9.02. The minimum Gasteiger partial charge on any atom is -0.324 e. The molecule has 2 N–H and O–H groups in total. The van der Waals surface area contributed by atoms with Crippen molar-refractivity contribution in [3.8, 4) is 0 Å². The number of nitrogens with zero attached hydrogens (tertiary/aromatic N) is 1. The van der Waals surface area contributed by atoms with E-state index in [1.807, 2.05) is 17.6 Å². The van der Waals surface area contributed by atoms with E-state index in [4.69, 9.17) is 5.73 Å². The quantitative estimate of drug-likeness (QED) is 0.906. The van der Waals surface area contributed by atoms with Gasteiger partial charge in [0.25, 0.3) is 5.56 Å². The lowest BCUT2D eigenvalue weighted by Crippen LogP contribution is -2.33. The zero-order valence-corrected chi connectivity index (χ0v) is 12.4. The molecule has 1 unspecified atom stereocenters. The van der Waals surface area contributed by atoms with Gasteiger partial charge in [0.05, 0.1) is 0 Å². The molecule has 0 amide bonds. The second kappa shape index (κ2) is 5.91. The van der Waals surface area contributed by atoms with E-state index in [2.05, 4.69) is 19.9 Å². The van der Waals surface area contributed by atoms with E-state index in [1.54, 1.807) is 0 Å². The van der Waals surface area contributed by atoms with Crippen LogP contribution in [0.3, 0.4) is 0 Å². The molecule has 0 radical (unpaired) electrons. The summed E-state index contributed by atoms with van der Waals surface area (Å²) in [7, 11) is 0. The zero-order valence-electron chi connectivity index (χ0n) is 12.4. The molecule has 1 aromatic heterocycles. The van der Waals surface area contributed by atoms with Gasteiger partial charge in [0.2, 0.25) is 0 Å². The number of hydrogen-bond acceptors (Lipinski definition) is 2. The summed E-state index contributed by atoms with van der Waals surface area (Å²) >= 11 is 0. The van der Waals surface area contributed by atoms with Crippen molar-refractivity contribution in [2.75, 3.05) is 0 Å². The summed E-state index contributed by atoms with van der Waals surface area (Å²) in [5, 5.41) is 0. The van der Waals surface area contributed by atoms with Gasteiger partial charge in [-0.25, -0.2) is 0 Å². The molecule has 0 aliphatic heterocycles. The second-order valence-electron chi connectivity index (χ2n) is 6.12. The predicted octanol–water partition coefficient (Wildman–Crippen LogP) is 3.50. The fourth-order valence-electron chi connectivity index (χ4n) is 3.12. The standard InChI is InChI=1S/C16H26N2O/c1-11(2)15-10-9-14(12(3)17)16(19)18(15)13-7-5-4-6-8-13/h9-13H,4-8,17H2,1-3H3. The van der Waals surface area contributed by atoms with Crippen LogP contribution in [-0.4, -0.2) is 4.57 Å². The smallest absolute Gasteiger partial charge is 0.255 e. The molecule has 0 aromatic carbocycles. The lowest BCUT2D eigenvalue weighted by molar-refractivity contribution is 0.334. The maximum Gasteiger partial charge on any atom is 0.255 e. The summed E-state index contributed by atoms with van der Waals surface area (Å²) in [6.45, 7) is 6.19. The van der Waals surface area contributed by atoms with Crippen molar-refractivity contribution in [2.24, 2.45) is 5.73 Å². The maximum absolute atomic E-state index is 12.7. The van der Waals surface area contributed by atoms with E-state index < -0.39 is 0 Å². The molecule has 2 rings (SSSR count). The van der Waals surface area contributed by atoms with Gasteiger partial charge in [-0.05, 0) is 31.7 Å². The Balaban J connectivity index is 2.52. The first-order valence-corrected chi connectivity index (χ1v) is 7.53. The van der Waals surface area contributed by atoms with Gasteiger partial charge >= 0.3 is 0 Å². The van der Waals surface area contributed by atoms with Crippen molar-refractivity contribution < 1.29 is 0 Å². The van der Waals surface area contributed by atoms with Crippen molar-refractivity contribution >= 4 is 0 Å². The monoisotopic (exact) mass is 262 g/mol. The largest absolute Gasteiger partial charge is 0.324 e. The molecule has 1 aromatic rings. The molecule has 1 saturated carbocycles. The van der Waals surface area contributed by atoms with Crippen molar-refractivity contribution in [2.45, 2.75) is 70.9 Å². The third-order valence-corrected chi connectivity index (χ3v) is 4.20. The van der Waals surface area contributed by atoms with Crippen LogP contribution in [-0.2, 0) is 0 Å². The van der Waals surface area contributed by atoms with Crippen LogP contribution < -0.4 is 11.3 Å². The molecule has 1 aliphatic carbocycles. The fourth-order valence-corrected chi connectivity index (χ4v) is 3.12. The second-order valence-corrected chi connectivity index (χ2v) is 6.12. The molecule has 106 valence electrons. The van der Waals surface area contributed by atoms with E-state index in [1.165, 1.54) is 19.3 Å². The molecule has 3 heteroatoms. The van der Waals surface area contributed by atoms with E-state index in [9.17, 15) is 4.79 Å². The molecule has 1 heterocycles. The summed E-state index contributed by atoms with van der Waals surface area (Å²) in [5.74, 6) is 0.372. The van der Waals surface area contributed by atoms with Gasteiger partial charge in [0.1, 0.15) is 0 Å². The zero-order chi connectivity index (χ0) is 14.0. The Morgan fingerprint density at radius 2 is 1.79 bits per heavy atom. The third-order valence-electron chi connectivity index (χ3n) is 4.20. The minimum atomic E-state index is -0.191. The van der Waals surface area contributed by atoms with Crippen LogP contribution in [0, 0.1) is 0 Å². The van der Waals surface area contributed by atoms with E-state index in [0.717, 1.165) is 24.1 Å². The summed E-state index contributed by atoms with van der Waals surface area (Å²) in [4.78, 5) is 12.7. The van der Waals surface area contributed by atoms with Gasteiger partial charge in [-0.1, -0.05) is 39.2 Å². The van der Waals surface area contributed by atoms with Crippen LogP contribution in [0.4, 0.5) is 0 Å². The Hall–Kier alpha value is -1.09. The van der Waals surface area contributed by atoms with Crippen LogP contribution >= 0.6 is 0 Å². The summed E-state index contributed by atoms with van der Waals surface area (Å²) in [5.41, 5.74) is 7.96. The minimum absolute atomic E-state index is 0.133. The number of pyridine rings is 1. The normalized spacial score (nSPS) is 18.8. The Bertz CT molecular complexity index is 482. The molecule has 19 heavy (non-hydrogen) atoms. The lowest BCUT2D eigenvalue weighted by atomic mass is 9.93. The highest BCUT2D eigenvalue weighted by Crippen LogP contribution is 2.30. The number of rotatable bonds is 3. The molecule has 0 bridgehead atoms. The van der Waals surface area contributed by atoms with Crippen LogP contribution in [0.1, 0.15) is 82.1 Å². The highest BCUT2D eigenvalue weighted by atomic mass is 16.1. The van der Waals surface area contributed by atoms with E-state index in [0.29, 0.717) is 12.0 Å². The first-order valence-electron chi connectivity index (χ1n) is 7.53. The molecule has 1 fully saturated rings. The maximum atomic E-state index is 12.7. The van der Waals surface area contributed by atoms with Crippen LogP contribution in [0.15, 0.2) is 16.9 Å². The van der Waals surface area contributed by atoms with Crippen LogP contribution in [0.25, 0.3) is 0 Å². The average molecular weight is 262 g/mol. The summed E-state index contributed by atoms with van der Waals surface area (Å²) in [6, 6.07) is 4.20. The average Bonchev–Trinajstić information content (AvgIpc) is 2.38. The third kappa shape index (κ3) is 2.92. The van der Waals surface area contributed by atoms with Crippen molar-refractivity contribution in [3.05, 3.63) is 33.7 Å². The number of nitrogens with two attached hydrogens (primary N) is 1. The Kier molecular flexibility index (Phi) is 4.46. The van der Waals surface area contributed by atoms with Gasteiger partial charge < -0.3 is 10.3 Å². The Morgan fingerprint density at radius 3 is 2.32 bits per heavy atom. The van der Waals surface area contributed by atoms with Crippen molar-refractivity contribution in [3.63, 3.8) is 0 Å². The molecule has 3 nitrogen and oxygen atoms in total. The molecule has 1 atom stereocenters. The van der Waals surface area contributed by atoms with Crippen molar-refractivity contribution in [1.29, 1.82) is 0 Å². The molecular formula is C16H26N2O. The Morgan fingerprint density at radius 1 is 1.16 bits per heavy atom. The highest BCUT2D eigenvalue weighted by Gasteiger charge is 2.22. The predicted molar refractivity (Wildman–Crippen MR) is 79.5 cm³/mol. The van der Waals surface area contributed by atoms with Gasteiger partial charge in [0, 0.05) is 23.3 Å². The highest BCUT2D eigenvalue weighted by molar-refractivity contribution is 5.21. The molecule has 0 saturated heterocycles. The Labute approximate surface area is 115 Å². The van der Waals surface area contributed by atoms with Crippen LogP contribution in [0.5, 0.6) is 0 Å². The van der Waals surface area contributed by atoms with Crippen LogP contribution in [0.2, 0.25) is 0 Å². The first kappa shape index (κ1) is 14.3. The SMILES string of the molecule is CC(C)c1ccc(C(C)N)c(=O)n1C1CCCCC1. The molecular weight excluding hydrogens is 236 g/mol.